The molecule has 1 fully saturated rings. The Morgan fingerprint density at radius 2 is 2.36 bits per heavy atom. The van der Waals surface area contributed by atoms with Gasteiger partial charge in [-0.1, -0.05) is 0 Å². The molecular formula is C10H21N3O. The second-order valence-electron chi connectivity index (χ2n) is 3.94. The van der Waals surface area contributed by atoms with Gasteiger partial charge >= 0.3 is 0 Å². The Morgan fingerprint density at radius 1 is 1.57 bits per heavy atom. The minimum atomic E-state index is 0.0899. The van der Waals surface area contributed by atoms with Crippen LogP contribution in [-0.2, 0) is 4.79 Å². The predicted octanol–water partition coefficient (Wildman–Crippen LogP) is -0.194. The first-order valence-electron chi connectivity index (χ1n) is 5.36. The minimum Gasteiger partial charge on any atom is -0.352 e. The van der Waals surface area contributed by atoms with Crippen LogP contribution in [0.1, 0.15) is 19.8 Å². The second-order valence-corrected chi connectivity index (χ2v) is 3.94. The van der Waals surface area contributed by atoms with Crippen molar-refractivity contribution in [3.63, 3.8) is 0 Å². The van der Waals surface area contributed by atoms with Crippen LogP contribution in [0, 0.1) is 0 Å². The van der Waals surface area contributed by atoms with E-state index in [2.05, 4.69) is 15.5 Å². The maximum absolute atomic E-state index is 10.8. The van der Waals surface area contributed by atoms with Crippen LogP contribution in [0.4, 0.5) is 0 Å². The lowest BCUT2D eigenvalue weighted by molar-refractivity contribution is -0.119. The van der Waals surface area contributed by atoms with E-state index in [0.717, 1.165) is 32.6 Å². The van der Waals surface area contributed by atoms with Crippen molar-refractivity contribution in [3.8, 4) is 0 Å². The van der Waals surface area contributed by atoms with Crippen molar-refractivity contribution in [1.82, 2.24) is 15.5 Å². The van der Waals surface area contributed by atoms with E-state index in [1.165, 1.54) is 6.42 Å². The number of carbonyl (C=O) groups is 1. The van der Waals surface area contributed by atoms with Gasteiger partial charge in [0.25, 0.3) is 0 Å². The summed E-state index contributed by atoms with van der Waals surface area (Å²) in [6, 6.07) is 0.377. The molecule has 82 valence electrons. The smallest absolute Gasteiger partial charge is 0.217 e. The third-order valence-corrected chi connectivity index (χ3v) is 2.58. The fourth-order valence-electron chi connectivity index (χ4n) is 1.92. The van der Waals surface area contributed by atoms with E-state index in [0.29, 0.717) is 6.04 Å². The number of nitrogens with zero attached hydrogens (tertiary/aromatic N) is 1. The van der Waals surface area contributed by atoms with E-state index >= 15 is 0 Å². The summed E-state index contributed by atoms with van der Waals surface area (Å²) >= 11 is 0. The first-order chi connectivity index (χ1) is 6.72. The highest BCUT2D eigenvalue weighted by molar-refractivity contribution is 5.73. The first kappa shape index (κ1) is 11.5. The predicted molar refractivity (Wildman–Crippen MR) is 57.2 cm³/mol. The van der Waals surface area contributed by atoms with Gasteiger partial charge in [-0.2, -0.15) is 0 Å². The zero-order chi connectivity index (χ0) is 10.4. The van der Waals surface area contributed by atoms with Gasteiger partial charge in [0.2, 0.25) is 5.91 Å². The molecule has 0 aromatic rings. The van der Waals surface area contributed by atoms with Gasteiger partial charge in [-0.25, -0.2) is 0 Å². The van der Waals surface area contributed by atoms with E-state index < -0.39 is 0 Å². The molecule has 14 heavy (non-hydrogen) atoms. The monoisotopic (exact) mass is 199 g/mol. The largest absolute Gasteiger partial charge is 0.352 e. The molecule has 1 saturated heterocycles. The third kappa shape index (κ3) is 4.07. The Bertz CT molecular complexity index is 184. The van der Waals surface area contributed by atoms with Crippen LogP contribution in [0.15, 0.2) is 0 Å². The summed E-state index contributed by atoms with van der Waals surface area (Å²) in [6.45, 7) is 5.93. The number of hydrogen-bond acceptors (Lipinski definition) is 3. The van der Waals surface area contributed by atoms with Crippen LogP contribution >= 0.6 is 0 Å². The third-order valence-electron chi connectivity index (χ3n) is 2.58. The molecule has 0 aromatic heterocycles. The van der Waals surface area contributed by atoms with E-state index in [4.69, 9.17) is 0 Å². The first-order valence-corrected chi connectivity index (χ1v) is 5.36. The molecule has 1 aliphatic heterocycles. The summed E-state index contributed by atoms with van der Waals surface area (Å²) in [5, 5.41) is 6.10. The van der Waals surface area contributed by atoms with Gasteiger partial charge in [0.05, 0.1) is 0 Å². The molecule has 2 N–H and O–H groups in total. The summed E-state index contributed by atoms with van der Waals surface area (Å²) < 4.78 is 0. The van der Waals surface area contributed by atoms with Crippen molar-refractivity contribution in [2.24, 2.45) is 0 Å². The van der Waals surface area contributed by atoms with Crippen LogP contribution < -0.4 is 10.6 Å². The van der Waals surface area contributed by atoms with Crippen molar-refractivity contribution in [2.45, 2.75) is 25.8 Å². The molecule has 1 rings (SSSR count). The van der Waals surface area contributed by atoms with E-state index in [9.17, 15) is 4.79 Å². The molecule has 4 nitrogen and oxygen atoms in total. The highest BCUT2D eigenvalue weighted by Gasteiger charge is 2.21. The molecule has 1 unspecified atom stereocenters. The van der Waals surface area contributed by atoms with Crippen LogP contribution in [0.5, 0.6) is 0 Å². The topological polar surface area (TPSA) is 44.4 Å². The molecule has 1 heterocycles. The maximum atomic E-state index is 10.8. The lowest BCUT2D eigenvalue weighted by atomic mass is 10.2. The van der Waals surface area contributed by atoms with Crippen LogP contribution in [0.3, 0.4) is 0 Å². The Labute approximate surface area is 86.0 Å². The highest BCUT2D eigenvalue weighted by Crippen LogP contribution is 2.08. The molecule has 1 atom stereocenters. The fraction of sp³-hybridized carbons (Fsp3) is 0.900. The number of likely N-dealkylation sites (tertiary alicyclic amines) is 1. The summed E-state index contributed by atoms with van der Waals surface area (Å²) in [7, 11) is 1.98. The molecule has 0 radical (unpaired) electrons. The lowest BCUT2D eigenvalue weighted by Crippen LogP contribution is -2.36. The number of hydrogen-bond donors (Lipinski definition) is 2. The van der Waals surface area contributed by atoms with E-state index in [1.54, 1.807) is 6.92 Å². The van der Waals surface area contributed by atoms with Gasteiger partial charge < -0.3 is 15.5 Å². The number of rotatable bonds is 5. The number of carbonyl (C=O) groups excluding carboxylic acids is 1. The normalized spacial score (nSPS) is 22.6. The van der Waals surface area contributed by atoms with Crippen molar-refractivity contribution in [2.75, 3.05) is 33.2 Å². The average molecular weight is 199 g/mol. The minimum absolute atomic E-state index is 0.0899. The van der Waals surface area contributed by atoms with Crippen molar-refractivity contribution in [1.29, 1.82) is 0 Å². The molecule has 0 aromatic carbocycles. The number of amides is 1. The SMILES string of the molecule is CNCCCN1CCC(NC(C)=O)C1. The zero-order valence-corrected chi connectivity index (χ0v) is 9.18. The Balaban J connectivity index is 2.11. The molecule has 1 aliphatic rings. The van der Waals surface area contributed by atoms with Gasteiger partial charge in [-0.3, -0.25) is 4.79 Å². The molecule has 0 spiro atoms. The fourth-order valence-corrected chi connectivity index (χ4v) is 1.92. The average Bonchev–Trinajstić information content (AvgIpc) is 2.52. The molecule has 1 amide bonds. The van der Waals surface area contributed by atoms with Crippen LogP contribution in [0.25, 0.3) is 0 Å². The number of nitrogens with one attached hydrogen (secondary N) is 2. The standard InChI is InChI=1S/C10H21N3O/c1-9(14)12-10-4-7-13(8-10)6-3-5-11-2/h10-11H,3-8H2,1-2H3,(H,12,14). The molecular weight excluding hydrogens is 178 g/mol. The van der Waals surface area contributed by atoms with E-state index in [-0.39, 0.29) is 5.91 Å². The lowest BCUT2D eigenvalue weighted by Gasteiger charge is -2.15. The van der Waals surface area contributed by atoms with Crippen LogP contribution in [-0.4, -0.2) is 50.1 Å². The Hall–Kier alpha value is -0.610. The summed E-state index contributed by atoms with van der Waals surface area (Å²) in [5.74, 6) is 0.0899. The summed E-state index contributed by atoms with van der Waals surface area (Å²) in [6.07, 6.45) is 2.28. The van der Waals surface area contributed by atoms with Crippen molar-refractivity contribution >= 4 is 5.91 Å². The molecule has 0 bridgehead atoms. The van der Waals surface area contributed by atoms with Gasteiger partial charge in [0.1, 0.15) is 0 Å². The van der Waals surface area contributed by atoms with Crippen LogP contribution in [0.2, 0.25) is 0 Å². The van der Waals surface area contributed by atoms with Crippen molar-refractivity contribution in [3.05, 3.63) is 0 Å². The second kappa shape index (κ2) is 5.98. The summed E-state index contributed by atoms with van der Waals surface area (Å²) in [5.41, 5.74) is 0. The molecule has 0 saturated carbocycles. The Kier molecular flexibility index (Phi) is 4.90. The summed E-state index contributed by atoms with van der Waals surface area (Å²) in [4.78, 5) is 13.2. The molecule has 0 aliphatic carbocycles. The van der Waals surface area contributed by atoms with Gasteiger partial charge in [0, 0.05) is 26.1 Å². The van der Waals surface area contributed by atoms with Gasteiger partial charge in [-0.15, -0.1) is 0 Å². The quantitative estimate of drug-likeness (QED) is 0.603. The van der Waals surface area contributed by atoms with E-state index in [1.807, 2.05) is 7.05 Å². The molecule has 4 heteroatoms. The maximum Gasteiger partial charge on any atom is 0.217 e. The zero-order valence-electron chi connectivity index (χ0n) is 9.18. The van der Waals surface area contributed by atoms with Gasteiger partial charge in [0.15, 0.2) is 0 Å². The Morgan fingerprint density at radius 3 is 3.00 bits per heavy atom. The van der Waals surface area contributed by atoms with Gasteiger partial charge in [-0.05, 0) is 33.0 Å². The van der Waals surface area contributed by atoms with Crippen molar-refractivity contribution < 1.29 is 4.79 Å². The highest BCUT2D eigenvalue weighted by atomic mass is 16.1.